The predicted molar refractivity (Wildman–Crippen MR) is 176 cm³/mol. The van der Waals surface area contributed by atoms with Crippen LogP contribution in [0.3, 0.4) is 0 Å². The van der Waals surface area contributed by atoms with Crippen molar-refractivity contribution in [3.63, 3.8) is 0 Å². The van der Waals surface area contributed by atoms with Crippen LogP contribution in [-0.4, -0.2) is 71.2 Å². The Morgan fingerprint density at radius 3 is 1.79 bits per heavy atom. The van der Waals surface area contributed by atoms with Crippen LogP contribution in [0.2, 0.25) is 15.3 Å². The van der Waals surface area contributed by atoms with Gasteiger partial charge in [-0.15, -0.1) is 0 Å². The Bertz CT molecular complexity index is 2480. The largest absolute Gasteiger partial charge is 1.00 e. The normalized spacial score (nSPS) is 13.7. The number of amides is 1. The Morgan fingerprint density at radius 1 is 0.698 bits per heavy atom. The van der Waals surface area contributed by atoms with E-state index < -0.39 is 61.7 Å². The van der Waals surface area contributed by atoms with Crippen LogP contribution < -0.4 is 110 Å². The SMILES string of the molecule is CC1=NN(c2cc(Cl)c(S(=O)(=O)[O-])cc2Cl)C(=O)/C1=N/Nc1cc(Nc2nc(Cl)nc(Nc3ccc(S(=O)(=O)[O-])cc3)n2)ccc1S(=O)(=O)[O-].[Na+].[Na+].[Na+]. The third-order valence-electron chi connectivity index (χ3n) is 6.29. The maximum absolute atomic E-state index is 13.2. The van der Waals surface area contributed by atoms with Gasteiger partial charge in [-0.1, -0.05) is 23.2 Å². The second-order valence-electron chi connectivity index (χ2n) is 9.71. The molecule has 262 valence electrons. The van der Waals surface area contributed by atoms with Gasteiger partial charge >= 0.3 is 94.6 Å². The maximum Gasteiger partial charge on any atom is 1.00 e. The minimum Gasteiger partial charge on any atom is -0.744 e. The fourth-order valence-electron chi connectivity index (χ4n) is 4.12. The fraction of sp³-hybridized carbons (Fsp3) is 0.0400. The molecule has 0 radical (unpaired) electrons. The first-order valence-electron chi connectivity index (χ1n) is 13.0. The van der Waals surface area contributed by atoms with E-state index in [4.69, 9.17) is 34.8 Å². The van der Waals surface area contributed by atoms with Gasteiger partial charge in [-0.2, -0.15) is 30.2 Å². The van der Waals surface area contributed by atoms with Crippen molar-refractivity contribution in [1.82, 2.24) is 15.0 Å². The topological polar surface area (TPSA) is 291 Å². The van der Waals surface area contributed by atoms with Crippen molar-refractivity contribution in [2.45, 2.75) is 21.6 Å². The number of halogens is 3. The molecule has 0 spiro atoms. The third-order valence-corrected chi connectivity index (χ3v) is 9.80. The predicted octanol–water partition coefficient (Wildman–Crippen LogP) is -5.77. The molecule has 3 N–H and O–H groups in total. The Balaban J connectivity index is 0.00000324. The van der Waals surface area contributed by atoms with Gasteiger partial charge in [-0.05, 0) is 73.1 Å². The van der Waals surface area contributed by atoms with Crippen molar-refractivity contribution in [2.75, 3.05) is 21.1 Å². The van der Waals surface area contributed by atoms with Crippen LogP contribution in [0.5, 0.6) is 0 Å². The molecule has 19 nitrogen and oxygen atoms in total. The third kappa shape index (κ3) is 11.8. The van der Waals surface area contributed by atoms with Gasteiger partial charge in [0.2, 0.25) is 17.2 Å². The minimum atomic E-state index is -5.11. The fourth-order valence-corrected chi connectivity index (χ4v) is 6.66. The second-order valence-corrected chi connectivity index (χ2v) is 14.9. The van der Waals surface area contributed by atoms with Gasteiger partial charge in [0.05, 0.1) is 41.8 Å². The molecule has 0 aliphatic carbocycles. The molecule has 0 atom stereocenters. The summed E-state index contributed by atoms with van der Waals surface area (Å²) in [6.45, 7) is 1.35. The zero-order valence-electron chi connectivity index (χ0n) is 27.3. The quantitative estimate of drug-likeness (QED) is 0.0760. The van der Waals surface area contributed by atoms with Crippen molar-refractivity contribution in [3.8, 4) is 0 Å². The molecule has 0 unspecified atom stereocenters. The summed E-state index contributed by atoms with van der Waals surface area (Å²) in [4.78, 5) is 23.1. The van der Waals surface area contributed by atoms with E-state index in [0.717, 1.165) is 36.4 Å². The number of carbonyl (C=O) groups is 1. The molecule has 0 saturated heterocycles. The van der Waals surface area contributed by atoms with E-state index in [2.05, 4.69) is 41.2 Å². The van der Waals surface area contributed by atoms with Crippen molar-refractivity contribution < 1.29 is 132 Å². The number of aromatic nitrogens is 3. The van der Waals surface area contributed by atoms with Crippen LogP contribution in [0, 0.1) is 0 Å². The van der Waals surface area contributed by atoms with Gasteiger partial charge in [-0.25, -0.2) is 25.3 Å². The van der Waals surface area contributed by atoms with E-state index in [-0.39, 0.29) is 139 Å². The molecule has 28 heteroatoms. The smallest absolute Gasteiger partial charge is 0.744 e. The molecule has 0 fully saturated rings. The molecule has 3 aromatic carbocycles. The number of nitrogens with one attached hydrogen (secondary N) is 3. The summed E-state index contributed by atoms with van der Waals surface area (Å²) in [5, 5.41) is 12.9. The first-order chi connectivity index (χ1) is 23.2. The van der Waals surface area contributed by atoms with E-state index in [1.807, 2.05) is 0 Å². The van der Waals surface area contributed by atoms with Gasteiger partial charge in [0, 0.05) is 11.4 Å². The summed E-state index contributed by atoms with van der Waals surface area (Å²) in [5.41, 5.74) is 1.69. The number of carbonyl (C=O) groups excluding carboxylic acids is 1. The van der Waals surface area contributed by atoms with Crippen LogP contribution in [0.25, 0.3) is 0 Å². The average molecular weight is 873 g/mol. The molecule has 1 aliphatic heterocycles. The van der Waals surface area contributed by atoms with E-state index in [1.165, 1.54) is 25.1 Å². The molecule has 0 bridgehead atoms. The molecule has 2 heterocycles. The maximum atomic E-state index is 13.2. The minimum absolute atomic E-state index is 0. The second kappa shape index (κ2) is 18.6. The summed E-state index contributed by atoms with van der Waals surface area (Å²) in [7, 11) is -14.8. The van der Waals surface area contributed by atoms with Crippen LogP contribution in [0.1, 0.15) is 6.92 Å². The van der Waals surface area contributed by atoms with E-state index in [9.17, 15) is 43.7 Å². The van der Waals surface area contributed by atoms with Crippen molar-refractivity contribution >= 4 is 117 Å². The van der Waals surface area contributed by atoms with Gasteiger partial charge in [-0.3, -0.25) is 10.2 Å². The zero-order valence-corrected chi connectivity index (χ0v) is 38.0. The van der Waals surface area contributed by atoms with Crippen LogP contribution in [0.15, 0.2) is 79.5 Å². The van der Waals surface area contributed by atoms with Crippen LogP contribution in [0.4, 0.5) is 34.6 Å². The van der Waals surface area contributed by atoms with Crippen LogP contribution in [-0.2, 0) is 35.1 Å². The number of benzene rings is 3. The van der Waals surface area contributed by atoms with Gasteiger partial charge in [0.25, 0.3) is 0 Å². The molecular formula is C25H15Cl3N9Na3O10S3. The number of hydrogen-bond acceptors (Lipinski definition) is 18. The first-order valence-corrected chi connectivity index (χ1v) is 18.4. The molecular weight excluding hydrogens is 858 g/mol. The van der Waals surface area contributed by atoms with Crippen molar-refractivity contribution in [2.24, 2.45) is 10.2 Å². The van der Waals surface area contributed by atoms with Gasteiger partial charge in [0.15, 0.2) is 5.71 Å². The Labute approximate surface area is 382 Å². The molecule has 1 aliphatic rings. The van der Waals surface area contributed by atoms with E-state index in [0.29, 0.717) is 5.01 Å². The Hall–Kier alpha value is -1.52. The monoisotopic (exact) mass is 871 g/mol. The molecule has 5 rings (SSSR count). The molecule has 53 heavy (non-hydrogen) atoms. The number of hydrogen-bond donors (Lipinski definition) is 3. The summed E-state index contributed by atoms with van der Waals surface area (Å²) < 4.78 is 104. The van der Waals surface area contributed by atoms with E-state index in [1.54, 1.807) is 0 Å². The Morgan fingerprint density at radius 2 is 1.25 bits per heavy atom. The van der Waals surface area contributed by atoms with Gasteiger partial charge in [0.1, 0.15) is 30.4 Å². The molecule has 0 saturated carbocycles. The Kier molecular flexibility index (Phi) is 16.7. The summed E-state index contributed by atoms with van der Waals surface area (Å²) >= 11 is 18.1. The van der Waals surface area contributed by atoms with Gasteiger partial charge < -0.3 is 24.3 Å². The van der Waals surface area contributed by atoms with E-state index >= 15 is 0 Å². The molecule has 1 amide bonds. The summed E-state index contributed by atoms with van der Waals surface area (Å²) in [5.74, 6) is -1.24. The number of hydrazone groups is 2. The number of anilines is 6. The standard InChI is InChI=1S/C25H18Cl3N9O10S3.3Na/c1-11-21(22(38)37(36-11)18-9-16(27)20(10-15(18)26)50(45,46)47)35-34-17-8-13(4-7-19(17)49(42,43)44)30-25-32-23(28)31-24(33-25)29-12-2-5-14(6-3-12)48(39,40)41;;;/h2-10,34H,1H3,(H,39,40,41)(H,42,43,44)(H,45,46,47)(H2,29,30,31,32,33);;;/q;3*+1/p-3/b35-21+;;;. The first kappa shape index (κ1) is 47.6. The number of rotatable bonds is 10. The molecule has 4 aromatic rings. The zero-order chi connectivity index (χ0) is 36.8. The van der Waals surface area contributed by atoms with Crippen LogP contribution >= 0.6 is 34.8 Å². The molecule has 1 aromatic heterocycles. The van der Waals surface area contributed by atoms with Crippen molar-refractivity contribution in [3.05, 3.63) is 69.9 Å². The number of nitrogens with zero attached hydrogens (tertiary/aromatic N) is 6. The van der Waals surface area contributed by atoms with Crippen molar-refractivity contribution in [1.29, 1.82) is 0 Å². The average Bonchev–Trinajstić information content (AvgIpc) is 3.27. The summed E-state index contributed by atoms with van der Waals surface area (Å²) in [6, 6.07) is 9.58. The summed E-state index contributed by atoms with van der Waals surface area (Å²) in [6.07, 6.45) is 0.